The first-order valence-corrected chi connectivity index (χ1v) is 26.2. The zero-order valence-electron chi connectivity index (χ0n) is 43.2. The Balaban J connectivity index is 2.83. The molecule has 0 spiro atoms. The molecule has 0 radical (unpaired) electrons. The summed E-state index contributed by atoms with van der Waals surface area (Å²) in [5.74, 6) is -3.36. The predicted molar refractivity (Wildman–Crippen MR) is 284 cm³/mol. The number of carbonyl (C=O) groups excluding carboxylic acids is 3. The van der Waals surface area contributed by atoms with Crippen LogP contribution >= 0.6 is 0 Å². The summed E-state index contributed by atoms with van der Waals surface area (Å²) in [5.41, 5.74) is 0. The van der Waals surface area contributed by atoms with Crippen LogP contribution in [0.3, 0.4) is 0 Å². The lowest BCUT2D eigenvalue weighted by Gasteiger charge is -2.40. The van der Waals surface area contributed by atoms with Crippen LogP contribution in [-0.4, -0.2) is 89.2 Å². The van der Waals surface area contributed by atoms with Gasteiger partial charge in [0.05, 0.1) is 6.61 Å². The van der Waals surface area contributed by atoms with E-state index in [4.69, 9.17) is 23.7 Å². The third kappa shape index (κ3) is 36.4. The summed E-state index contributed by atoms with van der Waals surface area (Å²) in [4.78, 5) is 50.8. The minimum Gasteiger partial charge on any atom is -0.479 e. The highest BCUT2D eigenvalue weighted by atomic mass is 16.7. The molecule has 6 unspecified atom stereocenters. The molecule has 1 heterocycles. The van der Waals surface area contributed by atoms with Crippen LogP contribution in [-0.2, 0) is 42.9 Å². The third-order valence-electron chi connectivity index (χ3n) is 10.7. The lowest BCUT2D eigenvalue weighted by atomic mass is 9.98. The van der Waals surface area contributed by atoms with Gasteiger partial charge in [-0.3, -0.25) is 14.4 Å². The smallest absolute Gasteiger partial charge is 0.335 e. The first kappa shape index (κ1) is 63.9. The molecule has 71 heavy (non-hydrogen) atoms. The maximum atomic E-state index is 13.1. The van der Waals surface area contributed by atoms with Crippen molar-refractivity contribution >= 4 is 23.9 Å². The number of hydrogen-bond acceptors (Lipinski definition) is 11. The number of esters is 3. The molecule has 0 aliphatic carbocycles. The van der Waals surface area contributed by atoms with Crippen LogP contribution in [0.2, 0.25) is 0 Å². The molecule has 0 amide bonds. The Hall–Kier alpha value is -5.14. The number of aliphatic hydroxyl groups excluding tert-OH is 2. The molecule has 0 aromatic carbocycles. The maximum absolute atomic E-state index is 13.1. The number of hydrogen-bond donors (Lipinski definition) is 3. The van der Waals surface area contributed by atoms with Gasteiger partial charge in [-0.1, -0.05) is 161 Å². The van der Waals surface area contributed by atoms with Crippen LogP contribution in [0.4, 0.5) is 0 Å². The molecule has 12 heteroatoms. The van der Waals surface area contributed by atoms with Gasteiger partial charge in [-0.15, -0.1) is 0 Å². The number of ether oxygens (including phenoxy) is 5. The Morgan fingerprint density at radius 3 is 1.34 bits per heavy atom. The second-order valence-electron chi connectivity index (χ2n) is 17.0. The van der Waals surface area contributed by atoms with Crippen molar-refractivity contribution in [1.29, 1.82) is 0 Å². The summed E-state index contributed by atoms with van der Waals surface area (Å²) in [5, 5.41) is 31.3. The summed E-state index contributed by atoms with van der Waals surface area (Å²) < 4.78 is 28.1. The highest BCUT2D eigenvalue weighted by molar-refractivity contribution is 5.74. The lowest BCUT2D eigenvalue weighted by molar-refractivity contribution is -0.301. The van der Waals surface area contributed by atoms with Crippen LogP contribution in [0.15, 0.2) is 134 Å². The maximum Gasteiger partial charge on any atom is 0.335 e. The highest BCUT2D eigenvalue weighted by Gasteiger charge is 2.50. The molecule has 3 N–H and O–H groups in total. The Labute approximate surface area is 426 Å². The number of unbranched alkanes of at least 4 members (excludes halogenated alkanes) is 5. The van der Waals surface area contributed by atoms with E-state index in [1.54, 1.807) is 0 Å². The van der Waals surface area contributed by atoms with Crippen LogP contribution in [0.5, 0.6) is 0 Å². The molecule has 1 aliphatic heterocycles. The first-order chi connectivity index (χ1) is 34.6. The van der Waals surface area contributed by atoms with E-state index in [0.717, 1.165) is 96.3 Å². The molecule has 1 aliphatic rings. The minimum atomic E-state index is -1.94. The van der Waals surface area contributed by atoms with Crippen LogP contribution in [0.25, 0.3) is 0 Å². The molecule has 0 aromatic heterocycles. The predicted octanol–water partition coefficient (Wildman–Crippen LogP) is 12.7. The van der Waals surface area contributed by atoms with E-state index in [-0.39, 0.29) is 25.9 Å². The van der Waals surface area contributed by atoms with Crippen molar-refractivity contribution in [1.82, 2.24) is 0 Å². The van der Waals surface area contributed by atoms with Crippen LogP contribution < -0.4 is 0 Å². The third-order valence-corrected chi connectivity index (χ3v) is 10.7. The van der Waals surface area contributed by atoms with Crippen molar-refractivity contribution < 1.29 is 58.2 Å². The topological polar surface area (TPSA) is 175 Å². The van der Waals surface area contributed by atoms with Crippen molar-refractivity contribution in [3.8, 4) is 0 Å². The number of carboxylic acids is 1. The fraction of sp³-hybridized carbons (Fsp3) is 0.559. The van der Waals surface area contributed by atoms with Crippen LogP contribution in [0, 0.1) is 0 Å². The molecule has 0 aromatic rings. The van der Waals surface area contributed by atoms with Gasteiger partial charge in [0, 0.05) is 19.3 Å². The average Bonchev–Trinajstić information content (AvgIpc) is 3.35. The molecule has 1 fully saturated rings. The summed E-state index contributed by atoms with van der Waals surface area (Å²) in [6.07, 6.45) is 51.8. The number of aliphatic hydroxyl groups is 2. The number of carbonyl (C=O) groups is 4. The molecular weight excluding hydrogens is 901 g/mol. The van der Waals surface area contributed by atoms with Crippen molar-refractivity contribution in [2.24, 2.45) is 0 Å². The molecule has 0 bridgehead atoms. The summed E-state index contributed by atoms with van der Waals surface area (Å²) in [6.45, 7) is 5.50. The average molecular weight is 989 g/mol. The Morgan fingerprint density at radius 1 is 0.465 bits per heavy atom. The summed E-state index contributed by atoms with van der Waals surface area (Å²) in [7, 11) is 0. The van der Waals surface area contributed by atoms with Crippen LogP contribution in [0.1, 0.15) is 162 Å². The number of aliphatic carboxylic acids is 1. The van der Waals surface area contributed by atoms with E-state index in [2.05, 4.69) is 136 Å². The van der Waals surface area contributed by atoms with E-state index in [0.29, 0.717) is 25.7 Å². The number of rotatable bonds is 41. The van der Waals surface area contributed by atoms with Crippen molar-refractivity contribution in [3.05, 3.63) is 134 Å². The largest absolute Gasteiger partial charge is 0.479 e. The number of carboxylic acid groups (broad SMARTS) is 1. The van der Waals surface area contributed by atoms with Gasteiger partial charge in [0.25, 0.3) is 0 Å². The SMILES string of the molecule is CC/C=C\C/C=C\C/C=C\C/C=C\CCCCC(=O)OCC(COC1OC(C(=O)O)C(O)C(O)C1OC(=O)CC/C=C\C/C=C\C/C=C\C/C=C\CC)OC(=O)CCCCC/C=C\C/C=C\C/C=C\CC. The Bertz CT molecular complexity index is 1740. The van der Waals surface area contributed by atoms with Gasteiger partial charge in [-0.25, -0.2) is 4.79 Å². The van der Waals surface area contributed by atoms with Crippen molar-refractivity contribution in [2.45, 2.75) is 199 Å². The standard InChI is InChI=1S/C59H88O12/c1-4-7-10-13-16-19-22-25-26-29-30-33-36-39-42-45-51(60)67-48-50(69-52(61)46-43-40-37-34-31-27-23-20-17-14-11-8-5-2)49-68-59-57(55(64)54(63)56(71-59)58(65)66)70-53(62)47-44-41-38-35-32-28-24-21-18-15-12-9-6-3/h7-12,16-21,25-28,30-33,38,41,50,54-57,59,63-64H,4-6,13-15,22-24,29,34-37,39-40,42-49H2,1-3H3,(H,65,66)/b10-7-,11-8-,12-9-,19-16-,20-17-,21-18-,26-25-,31-27-,32-28-,33-30-,41-38-. The van der Waals surface area contributed by atoms with E-state index in [1.165, 1.54) is 0 Å². The molecular formula is C59H88O12. The molecule has 396 valence electrons. The fourth-order valence-corrected chi connectivity index (χ4v) is 6.80. The Kier molecular flexibility index (Phi) is 41.4. The van der Waals surface area contributed by atoms with Gasteiger partial charge in [0.1, 0.15) is 18.8 Å². The van der Waals surface area contributed by atoms with E-state index < -0.39 is 67.3 Å². The summed E-state index contributed by atoms with van der Waals surface area (Å²) in [6, 6.07) is 0. The van der Waals surface area contributed by atoms with Gasteiger partial charge < -0.3 is 39.0 Å². The Morgan fingerprint density at radius 2 is 0.873 bits per heavy atom. The van der Waals surface area contributed by atoms with E-state index in [9.17, 15) is 34.5 Å². The second kappa shape index (κ2) is 46.0. The summed E-state index contributed by atoms with van der Waals surface area (Å²) >= 11 is 0. The first-order valence-electron chi connectivity index (χ1n) is 26.2. The minimum absolute atomic E-state index is 0.0763. The van der Waals surface area contributed by atoms with Crippen molar-refractivity contribution in [3.63, 3.8) is 0 Å². The van der Waals surface area contributed by atoms with Gasteiger partial charge >= 0.3 is 23.9 Å². The molecule has 1 rings (SSSR count). The molecule has 0 saturated carbocycles. The highest BCUT2D eigenvalue weighted by Crippen LogP contribution is 2.26. The second-order valence-corrected chi connectivity index (χ2v) is 17.0. The molecule has 6 atom stereocenters. The lowest BCUT2D eigenvalue weighted by Crippen LogP contribution is -2.61. The monoisotopic (exact) mass is 989 g/mol. The van der Waals surface area contributed by atoms with Crippen molar-refractivity contribution in [2.75, 3.05) is 13.2 Å². The fourth-order valence-electron chi connectivity index (χ4n) is 6.80. The van der Waals surface area contributed by atoms with E-state index >= 15 is 0 Å². The zero-order chi connectivity index (χ0) is 51.8. The van der Waals surface area contributed by atoms with Gasteiger partial charge in [-0.2, -0.15) is 0 Å². The molecule has 1 saturated heterocycles. The van der Waals surface area contributed by atoms with Gasteiger partial charge in [0.2, 0.25) is 0 Å². The normalized spacial score (nSPS) is 19.6. The van der Waals surface area contributed by atoms with Gasteiger partial charge in [-0.05, 0) is 116 Å². The van der Waals surface area contributed by atoms with E-state index in [1.807, 2.05) is 18.2 Å². The number of allylic oxidation sites excluding steroid dienone is 22. The quantitative estimate of drug-likeness (QED) is 0.0229. The van der Waals surface area contributed by atoms with Gasteiger partial charge in [0.15, 0.2) is 24.6 Å². The molecule has 12 nitrogen and oxygen atoms in total. The zero-order valence-corrected chi connectivity index (χ0v) is 43.2.